The van der Waals surface area contributed by atoms with Crippen LogP contribution in [0.15, 0.2) is 18.2 Å². The van der Waals surface area contributed by atoms with E-state index in [9.17, 15) is 13.7 Å². The van der Waals surface area contributed by atoms with E-state index < -0.39 is 10.2 Å². The fourth-order valence-corrected chi connectivity index (χ4v) is 3.33. The average molecular weight is 338 g/mol. The highest BCUT2D eigenvalue weighted by Crippen LogP contribution is 2.27. The standard InChI is InChI=1S/C15H22N4O3S/c1-2-19-9-4-3-6-12(19)11-22-15-8-5-7-14(13(15)10-16)18-23(17,20)21/h5,7-8,12,18H,2-4,6,9,11H2,1H3,(H2,17,20,21). The van der Waals surface area contributed by atoms with Crippen molar-refractivity contribution >= 4 is 15.9 Å². The number of anilines is 1. The lowest BCUT2D eigenvalue weighted by Crippen LogP contribution is -2.42. The first-order valence-corrected chi connectivity index (χ1v) is 9.19. The largest absolute Gasteiger partial charge is 0.490 e. The Kier molecular flexibility index (Phi) is 5.82. The van der Waals surface area contributed by atoms with Crippen molar-refractivity contribution in [2.75, 3.05) is 24.4 Å². The van der Waals surface area contributed by atoms with Crippen LogP contribution >= 0.6 is 0 Å². The van der Waals surface area contributed by atoms with Gasteiger partial charge in [-0.3, -0.25) is 9.62 Å². The van der Waals surface area contributed by atoms with Crippen LogP contribution in [0.4, 0.5) is 5.69 Å². The highest BCUT2D eigenvalue weighted by atomic mass is 32.2. The van der Waals surface area contributed by atoms with Crippen molar-refractivity contribution in [1.29, 1.82) is 5.26 Å². The molecule has 1 fully saturated rings. The molecule has 2 rings (SSSR count). The Morgan fingerprint density at radius 3 is 2.91 bits per heavy atom. The van der Waals surface area contributed by atoms with Crippen LogP contribution in [0, 0.1) is 11.3 Å². The summed E-state index contributed by atoms with van der Waals surface area (Å²) in [4.78, 5) is 2.36. The van der Waals surface area contributed by atoms with Gasteiger partial charge in [0.2, 0.25) is 0 Å². The Hall–Kier alpha value is -1.82. The average Bonchev–Trinajstić information content (AvgIpc) is 2.51. The van der Waals surface area contributed by atoms with Crippen molar-refractivity contribution in [2.24, 2.45) is 5.14 Å². The molecule has 1 saturated heterocycles. The Bertz CT molecular complexity index is 684. The van der Waals surface area contributed by atoms with Crippen LogP contribution in [0.1, 0.15) is 31.7 Å². The van der Waals surface area contributed by atoms with Gasteiger partial charge in [0.25, 0.3) is 10.2 Å². The number of rotatable bonds is 6. The minimum Gasteiger partial charge on any atom is -0.490 e. The van der Waals surface area contributed by atoms with Crippen molar-refractivity contribution in [1.82, 2.24) is 4.90 Å². The fraction of sp³-hybridized carbons (Fsp3) is 0.533. The molecule has 7 nitrogen and oxygen atoms in total. The van der Waals surface area contributed by atoms with E-state index in [4.69, 9.17) is 9.88 Å². The smallest absolute Gasteiger partial charge is 0.296 e. The molecule has 1 atom stereocenters. The first-order chi connectivity index (χ1) is 10.9. The SMILES string of the molecule is CCN1CCCCC1COc1cccc(NS(N)(=O)=O)c1C#N. The molecule has 1 aliphatic rings. The second-order valence-electron chi connectivity index (χ2n) is 5.53. The molecular formula is C15H22N4O3S. The summed E-state index contributed by atoms with van der Waals surface area (Å²) in [5, 5.41) is 14.3. The number of nitriles is 1. The third-order valence-corrected chi connectivity index (χ3v) is 4.48. The van der Waals surface area contributed by atoms with Gasteiger partial charge in [0.15, 0.2) is 0 Å². The highest BCUT2D eigenvalue weighted by molar-refractivity contribution is 7.90. The van der Waals surface area contributed by atoms with E-state index >= 15 is 0 Å². The summed E-state index contributed by atoms with van der Waals surface area (Å²) >= 11 is 0. The molecule has 1 aromatic rings. The third kappa shape index (κ3) is 4.82. The molecule has 1 heterocycles. The van der Waals surface area contributed by atoms with E-state index in [1.807, 2.05) is 6.07 Å². The topological polar surface area (TPSA) is 108 Å². The summed E-state index contributed by atoms with van der Waals surface area (Å²) in [6.07, 6.45) is 3.43. The van der Waals surface area contributed by atoms with Crippen LogP contribution in [0.25, 0.3) is 0 Å². The monoisotopic (exact) mass is 338 g/mol. The number of benzene rings is 1. The first kappa shape index (κ1) is 17.5. The van der Waals surface area contributed by atoms with E-state index in [1.165, 1.54) is 18.9 Å². The van der Waals surface area contributed by atoms with Gasteiger partial charge in [-0.1, -0.05) is 19.4 Å². The van der Waals surface area contributed by atoms with E-state index in [0.29, 0.717) is 18.4 Å². The lowest BCUT2D eigenvalue weighted by molar-refractivity contribution is 0.105. The van der Waals surface area contributed by atoms with Gasteiger partial charge in [-0.2, -0.15) is 13.7 Å². The maximum atomic E-state index is 11.2. The highest BCUT2D eigenvalue weighted by Gasteiger charge is 2.22. The van der Waals surface area contributed by atoms with Gasteiger partial charge < -0.3 is 4.74 Å². The number of nitrogens with two attached hydrogens (primary N) is 1. The number of piperidine rings is 1. The van der Waals surface area contributed by atoms with Gasteiger partial charge in [0.1, 0.15) is 24.0 Å². The van der Waals surface area contributed by atoms with Crippen molar-refractivity contribution in [3.63, 3.8) is 0 Å². The number of nitrogens with zero attached hydrogens (tertiary/aromatic N) is 2. The minimum atomic E-state index is -3.94. The normalized spacial score (nSPS) is 19.1. The summed E-state index contributed by atoms with van der Waals surface area (Å²) in [6.45, 7) is 4.62. The summed E-state index contributed by atoms with van der Waals surface area (Å²) < 4.78 is 30.3. The molecule has 1 unspecified atom stereocenters. The zero-order valence-corrected chi connectivity index (χ0v) is 14.0. The summed E-state index contributed by atoms with van der Waals surface area (Å²) in [5.41, 5.74) is 0.267. The van der Waals surface area contributed by atoms with Crippen molar-refractivity contribution in [2.45, 2.75) is 32.2 Å². The zero-order valence-electron chi connectivity index (χ0n) is 13.2. The molecule has 23 heavy (non-hydrogen) atoms. The summed E-state index contributed by atoms with van der Waals surface area (Å²) in [5.74, 6) is 0.364. The van der Waals surface area contributed by atoms with Gasteiger partial charge in [-0.25, -0.2) is 5.14 Å². The molecule has 126 valence electrons. The molecule has 0 spiro atoms. The molecule has 0 saturated carbocycles. The molecule has 0 aromatic heterocycles. The van der Waals surface area contributed by atoms with Gasteiger partial charge in [-0.05, 0) is 38.1 Å². The Labute approximate surface area is 137 Å². The molecule has 0 amide bonds. The van der Waals surface area contributed by atoms with Gasteiger partial charge >= 0.3 is 0 Å². The Morgan fingerprint density at radius 2 is 2.26 bits per heavy atom. The van der Waals surface area contributed by atoms with Crippen LogP contribution in [0.3, 0.4) is 0 Å². The molecule has 0 radical (unpaired) electrons. The van der Waals surface area contributed by atoms with Gasteiger partial charge in [-0.15, -0.1) is 0 Å². The van der Waals surface area contributed by atoms with Crippen molar-refractivity contribution in [3.05, 3.63) is 23.8 Å². The molecular weight excluding hydrogens is 316 g/mol. The lowest BCUT2D eigenvalue weighted by Gasteiger charge is -2.34. The number of ether oxygens (including phenoxy) is 1. The lowest BCUT2D eigenvalue weighted by atomic mass is 10.0. The van der Waals surface area contributed by atoms with Crippen LogP contribution in [0.5, 0.6) is 5.75 Å². The van der Waals surface area contributed by atoms with Gasteiger partial charge in [0, 0.05) is 6.04 Å². The quantitative estimate of drug-likeness (QED) is 0.815. The van der Waals surface area contributed by atoms with Crippen LogP contribution in [-0.4, -0.2) is 39.1 Å². The number of hydrogen-bond acceptors (Lipinski definition) is 5. The minimum absolute atomic E-state index is 0.128. The maximum Gasteiger partial charge on any atom is 0.296 e. The number of hydrogen-bond donors (Lipinski definition) is 2. The Balaban J connectivity index is 2.13. The summed E-state index contributed by atoms with van der Waals surface area (Å²) in [6, 6.07) is 7.06. The predicted octanol–water partition coefficient (Wildman–Crippen LogP) is 1.43. The van der Waals surface area contributed by atoms with Crippen LogP contribution < -0.4 is 14.6 Å². The molecule has 1 aromatic carbocycles. The summed E-state index contributed by atoms with van der Waals surface area (Å²) in [7, 11) is -3.94. The number of nitrogens with one attached hydrogen (secondary N) is 1. The third-order valence-electron chi connectivity index (χ3n) is 3.98. The fourth-order valence-electron chi connectivity index (χ4n) is 2.86. The van der Waals surface area contributed by atoms with Gasteiger partial charge in [0.05, 0.1) is 5.69 Å². The van der Waals surface area contributed by atoms with E-state index in [-0.39, 0.29) is 11.3 Å². The van der Waals surface area contributed by atoms with Crippen LogP contribution in [0.2, 0.25) is 0 Å². The Morgan fingerprint density at radius 1 is 1.48 bits per heavy atom. The number of likely N-dealkylation sites (N-methyl/N-ethyl adjacent to an activating group) is 1. The van der Waals surface area contributed by atoms with Crippen LogP contribution in [-0.2, 0) is 10.2 Å². The van der Waals surface area contributed by atoms with Crippen molar-refractivity contribution < 1.29 is 13.2 Å². The maximum absolute atomic E-state index is 11.2. The second-order valence-corrected chi connectivity index (χ2v) is 6.82. The molecule has 0 bridgehead atoms. The molecule has 1 aliphatic heterocycles. The molecule has 8 heteroatoms. The zero-order chi connectivity index (χ0) is 16.9. The van der Waals surface area contributed by atoms with E-state index in [2.05, 4.69) is 16.5 Å². The second kappa shape index (κ2) is 7.64. The number of likely N-dealkylation sites (tertiary alicyclic amines) is 1. The molecule has 3 N–H and O–H groups in total. The first-order valence-electron chi connectivity index (χ1n) is 7.65. The van der Waals surface area contributed by atoms with Crippen molar-refractivity contribution in [3.8, 4) is 11.8 Å². The molecule has 0 aliphatic carbocycles. The van der Waals surface area contributed by atoms with E-state index in [1.54, 1.807) is 12.1 Å². The van der Waals surface area contributed by atoms with E-state index in [0.717, 1.165) is 19.5 Å². The predicted molar refractivity (Wildman–Crippen MR) is 88.3 cm³/mol.